The number of nitrogens with two attached hydrogens (primary N) is 1. The van der Waals surface area contributed by atoms with E-state index in [-0.39, 0.29) is 34.4 Å². The number of carbonyl (C=O) groups is 2. The number of hydrogen-bond donors (Lipinski definition) is 2. The first-order valence-electron chi connectivity index (χ1n) is 11.2. The zero-order valence-electron chi connectivity index (χ0n) is 19.7. The van der Waals surface area contributed by atoms with Crippen molar-refractivity contribution >= 4 is 72.3 Å². The Kier molecular flexibility index (Phi) is 7.57. The molecule has 15 heteroatoms. The second-order valence-electron chi connectivity index (χ2n) is 8.30. The van der Waals surface area contributed by atoms with E-state index in [1.165, 1.54) is 40.5 Å². The van der Waals surface area contributed by atoms with Crippen molar-refractivity contribution in [3.05, 3.63) is 61.7 Å². The molecule has 0 spiro atoms. The fraction of sp³-hybridized carbons (Fsp3) is 0.261. The molecule has 5 rings (SSSR count). The van der Waals surface area contributed by atoms with Gasteiger partial charge in [0.1, 0.15) is 16.6 Å². The number of nitriles is 1. The maximum absolute atomic E-state index is 15.1. The Balaban J connectivity index is 1.45. The lowest BCUT2D eigenvalue weighted by Crippen LogP contribution is -2.38. The number of aromatic nitrogens is 4. The Hall–Kier alpha value is -3.19. The molecule has 10 nitrogen and oxygen atoms in total. The van der Waals surface area contributed by atoms with Crippen molar-refractivity contribution in [2.45, 2.75) is 36.4 Å². The summed E-state index contributed by atoms with van der Waals surface area (Å²) in [6.07, 6.45) is 1.38. The third kappa shape index (κ3) is 5.08. The second kappa shape index (κ2) is 10.9. The lowest BCUT2D eigenvalue weighted by atomic mass is 9.75. The van der Waals surface area contributed by atoms with Crippen molar-refractivity contribution in [1.82, 2.24) is 20.4 Å². The van der Waals surface area contributed by atoms with Gasteiger partial charge in [-0.05, 0) is 31.9 Å². The fourth-order valence-corrected chi connectivity index (χ4v) is 6.95. The topological polar surface area (TPSA) is 151 Å². The number of nitrogens with zero attached hydrogens (tertiary/aromatic N) is 6. The molecule has 194 valence electrons. The van der Waals surface area contributed by atoms with Gasteiger partial charge >= 0.3 is 0 Å². The minimum absolute atomic E-state index is 0.0661. The number of allylic oxidation sites excluding steroid dienone is 3. The summed E-state index contributed by atoms with van der Waals surface area (Å²) < 4.78 is 16.1. The molecule has 0 saturated carbocycles. The van der Waals surface area contributed by atoms with Crippen LogP contribution in [0.3, 0.4) is 0 Å². The van der Waals surface area contributed by atoms with Gasteiger partial charge in [-0.2, -0.15) is 5.26 Å². The number of halogens is 2. The third-order valence-electron chi connectivity index (χ3n) is 5.87. The Labute approximate surface area is 237 Å². The van der Waals surface area contributed by atoms with Gasteiger partial charge in [-0.1, -0.05) is 56.4 Å². The van der Waals surface area contributed by atoms with Crippen molar-refractivity contribution in [3.8, 4) is 6.07 Å². The number of Topliss-reactive ketones (excluding diaryl/α,β-unsaturated/α-hetero) is 1. The van der Waals surface area contributed by atoms with Gasteiger partial charge in [-0.15, -0.1) is 20.4 Å². The molecule has 1 unspecified atom stereocenters. The molecule has 0 saturated heterocycles. The van der Waals surface area contributed by atoms with Crippen molar-refractivity contribution < 1.29 is 14.0 Å². The van der Waals surface area contributed by atoms with Crippen molar-refractivity contribution in [2.24, 2.45) is 5.73 Å². The van der Waals surface area contributed by atoms with Crippen molar-refractivity contribution in [3.63, 3.8) is 0 Å². The molecule has 2 aromatic heterocycles. The van der Waals surface area contributed by atoms with Crippen LogP contribution in [-0.2, 0) is 9.59 Å². The van der Waals surface area contributed by atoms with Crippen LogP contribution in [-0.4, -0.2) is 37.8 Å². The van der Waals surface area contributed by atoms with Gasteiger partial charge in [-0.25, -0.2) is 4.39 Å². The van der Waals surface area contributed by atoms with Crippen LogP contribution < -0.4 is 16.0 Å². The summed E-state index contributed by atoms with van der Waals surface area (Å²) in [4.78, 5) is 27.1. The number of amides is 1. The molecule has 1 aliphatic carbocycles. The maximum Gasteiger partial charge on any atom is 0.236 e. The number of thioether (sulfide) groups is 1. The highest BCUT2D eigenvalue weighted by molar-refractivity contribution is 9.10. The van der Waals surface area contributed by atoms with Gasteiger partial charge < -0.3 is 5.73 Å². The third-order valence-corrected chi connectivity index (χ3v) is 9.16. The van der Waals surface area contributed by atoms with E-state index in [4.69, 9.17) is 5.73 Å². The number of rotatable bonds is 6. The number of aryl methyl sites for hydroxylation is 1. The first-order valence-corrected chi connectivity index (χ1v) is 14.6. The monoisotopic (exact) mass is 632 g/mol. The van der Waals surface area contributed by atoms with Gasteiger partial charge in [0.05, 0.1) is 23.3 Å². The number of benzene rings is 1. The van der Waals surface area contributed by atoms with Crippen LogP contribution in [0.1, 0.15) is 35.8 Å². The SMILES string of the molecule is Cc1nnc(NC(=O)CSc2nnc(N3C(N)=C(C#N)C(c4ccc(Br)cc4F)C4=C3CCCC4=O)s2)s1. The zero-order valence-corrected chi connectivity index (χ0v) is 23.7. The first-order chi connectivity index (χ1) is 18.3. The summed E-state index contributed by atoms with van der Waals surface area (Å²) in [6.45, 7) is 1.79. The van der Waals surface area contributed by atoms with Crippen LogP contribution in [0.4, 0.5) is 14.7 Å². The Morgan fingerprint density at radius 2 is 2.13 bits per heavy atom. The molecular formula is C23H18BrFN8O2S3. The molecule has 3 aromatic rings. The normalized spacial score (nSPS) is 17.5. The molecule has 3 heterocycles. The van der Waals surface area contributed by atoms with Gasteiger partial charge in [0.2, 0.25) is 16.2 Å². The highest BCUT2D eigenvalue weighted by atomic mass is 79.9. The molecule has 0 bridgehead atoms. The van der Waals surface area contributed by atoms with Crippen LogP contribution in [0, 0.1) is 24.1 Å². The number of anilines is 2. The van der Waals surface area contributed by atoms with E-state index >= 15 is 4.39 Å². The Morgan fingerprint density at radius 3 is 2.84 bits per heavy atom. The predicted octanol–water partition coefficient (Wildman–Crippen LogP) is 4.64. The first kappa shape index (κ1) is 26.4. The van der Waals surface area contributed by atoms with Gasteiger partial charge in [-0.3, -0.25) is 19.8 Å². The number of ketones is 1. The van der Waals surface area contributed by atoms with Crippen LogP contribution >= 0.6 is 50.4 Å². The van der Waals surface area contributed by atoms with Gasteiger partial charge in [0.25, 0.3) is 0 Å². The molecule has 38 heavy (non-hydrogen) atoms. The summed E-state index contributed by atoms with van der Waals surface area (Å²) >= 11 is 6.89. The minimum Gasteiger partial charge on any atom is -0.384 e. The van der Waals surface area contributed by atoms with Crippen LogP contribution in [0.2, 0.25) is 0 Å². The van der Waals surface area contributed by atoms with E-state index in [0.29, 0.717) is 49.6 Å². The summed E-state index contributed by atoms with van der Waals surface area (Å²) in [5, 5.41) is 30.4. The Morgan fingerprint density at radius 1 is 1.32 bits per heavy atom. The van der Waals surface area contributed by atoms with E-state index in [2.05, 4.69) is 47.7 Å². The highest BCUT2D eigenvalue weighted by Gasteiger charge is 2.42. The van der Waals surface area contributed by atoms with Gasteiger partial charge in [0.15, 0.2) is 10.1 Å². The average molecular weight is 634 g/mol. The minimum atomic E-state index is -0.915. The molecule has 0 fully saturated rings. The maximum atomic E-state index is 15.1. The Bertz CT molecular complexity index is 1560. The fourth-order valence-electron chi connectivity index (χ4n) is 4.33. The molecule has 1 atom stereocenters. The summed E-state index contributed by atoms with van der Waals surface area (Å²) in [5.74, 6) is -1.74. The largest absolute Gasteiger partial charge is 0.384 e. The molecular weight excluding hydrogens is 615 g/mol. The molecule has 1 aromatic carbocycles. The van der Waals surface area contributed by atoms with E-state index in [1.54, 1.807) is 24.0 Å². The van der Waals surface area contributed by atoms with Crippen LogP contribution in [0.15, 0.2) is 49.7 Å². The van der Waals surface area contributed by atoms with Gasteiger partial charge in [0, 0.05) is 27.7 Å². The van der Waals surface area contributed by atoms with Crippen LogP contribution in [0.25, 0.3) is 0 Å². The van der Waals surface area contributed by atoms with E-state index in [9.17, 15) is 14.9 Å². The molecule has 3 N–H and O–H groups in total. The molecule has 2 aliphatic rings. The molecule has 0 radical (unpaired) electrons. The molecule has 1 aliphatic heterocycles. The lowest BCUT2D eigenvalue weighted by Gasteiger charge is -2.38. The van der Waals surface area contributed by atoms with E-state index in [1.807, 2.05) is 0 Å². The summed E-state index contributed by atoms with van der Waals surface area (Å²) in [6, 6.07) is 6.64. The number of hydrogen-bond acceptors (Lipinski definition) is 12. The standard InChI is InChI=1S/C23H18BrFN8O2S3/c1-10-29-30-21(37-10)28-17(35)9-36-23-32-31-22(38-23)33-15-3-2-4-16(34)19(15)18(13(8-26)20(33)27)12-6-5-11(24)7-14(12)25/h5-7,18H,2-4,9,27H2,1H3,(H,28,30,35). The summed E-state index contributed by atoms with van der Waals surface area (Å²) in [7, 11) is 0. The number of carbonyl (C=O) groups excluding carboxylic acids is 2. The highest BCUT2D eigenvalue weighted by Crippen LogP contribution is 2.47. The average Bonchev–Trinajstić information content (AvgIpc) is 3.51. The smallest absolute Gasteiger partial charge is 0.236 e. The second-order valence-corrected chi connectivity index (χ2v) is 12.6. The van der Waals surface area contributed by atoms with Crippen molar-refractivity contribution in [1.29, 1.82) is 5.26 Å². The number of nitrogens with one attached hydrogen (secondary N) is 1. The van der Waals surface area contributed by atoms with E-state index < -0.39 is 11.7 Å². The summed E-state index contributed by atoms with van der Waals surface area (Å²) in [5.41, 5.74) is 7.71. The van der Waals surface area contributed by atoms with Crippen molar-refractivity contribution in [2.75, 3.05) is 16.0 Å². The predicted molar refractivity (Wildman–Crippen MR) is 146 cm³/mol. The van der Waals surface area contributed by atoms with E-state index in [0.717, 1.165) is 5.01 Å². The molecule has 1 amide bonds. The lowest BCUT2D eigenvalue weighted by molar-refractivity contribution is -0.116. The zero-order chi connectivity index (χ0) is 27.0. The quantitative estimate of drug-likeness (QED) is 0.368. The van der Waals surface area contributed by atoms with Crippen LogP contribution in [0.5, 0.6) is 0 Å².